The Balaban J connectivity index is 1.69. The number of carbonyl (C=O) groups excluding carboxylic acids is 1. The van der Waals surface area contributed by atoms with E-state index in [2.05, 4.69) is 36.1 Å². The van der Waals surface area contributed by atoms with Crippen LogP contribution in [0.15, 0.2) is 16.8 Å². The minimum Gasteiger partial charge on any atom is -0.375 e. The lowest BCUT2D eigenvalue weighted by molar-refractivity contribution is -0.0398. The summed E-state index contributed by atoms with van der Waals surface area (Å²) in [4.78, 5) is 14.1. The molecule has 1 aliphatic heterocycles. The minimum atomic E-state index is -0.227. The van der Waals surface area contributed by atoms with Gasteiger partial charge in [0.1, 0.15) is 0 Å². The highest BCUT2D eigenvalue weighted by Crippen LogP contribution is 2.18. The number of nitrogens with zero attached hydrogens (tertiary/aromatic N) is 2. The standard InChI is InChI=1S/C15H25N3O3/c1-15(2,3)11-18-8-9-20-12(10-18)4-6-16-14(19)13-5-7-17-21-13/h5,7,12H,4,6,8-11H2,1-3H3,(H,16,19)/t12-/m1/s1. The van der Waals surface area contributed by atoms with Crippen LogP contribution >= 0.6 is 0 Å². The van der Waals surface area contributed by atoms with Gasteiger partial charge in [-0.3, -0.25) is 9.69 Å². The van der Waals surface area contributed by atoms with Gasteiger partial charge in [-0.15, -0.1) is 0 Å². The van der Waals surface area contributed by atoms with Crippen molar-refractivity contribution in [2.45, 2.75) is 33.3 Å². The fourth-order valence-corrected chi connectivity index (χ4v) is 2.54. The van der Waals surface area contributed by atoms with Gasteiger partial charge in [0, 0.05) is 32.2 Å². The third-order valence-corrected chi connectivity index (χ3v) is 3.33. The second-order valence-electron chi connectivity index (χ2n) is 6.71. The predicted octanol–water partition coefficient (Wildman–Crippen LogP) is 1.54. The van der Waals surface area contributed by atoms with Gasteiger partial charge >= 0.3 is 0 Å². The summed E-state index contributed by atoms with van der Waals surface area (Å²) in [6, 6.07) is 1.55. The quantitative estimate of drug-likeness (QED) is 0.892. The first-order valence-electron chi connectivity index (χ1n) is 7.47. The van der Waals surface area contributed by atoms with Crippen molar-refractivity contribution in [1.29, 1.82) is 0 Å². The second kappa shape index (κ2) is 7.04. The summed E-state index contributed by atoms with van der Waals surface area (Å²) in [7, 11) is 0. The Morgan fingerprint density at radius 3 is 3.00 bits per heavy atom. The van der Waals surface area contributed by atoms with Gasteiger partial charge in [-0.1, -0.05) is 25.9 Å². The highest BCUT2D eigenvalue weighted by atomic mass is 16.5. The van der Waals surface area contributed by atoms with E-state index in [-0.39, 0.29) is 17.8 Å². The summed E-state index contributed by atoms with van der Waals surface area (Å²) >= 11 is 0. The molecule has 2 heterocycles. The smallest absolute Gasteiger partial charge is 0.289 e. The van der Waals surface area contributed by atoms with Crippen molar-refractivity contribution in [3.05, 3.63) is 18.0 Å². The van der Waals surface area contributed by atoms with Crippen LogP contribution in [-0.2, 0) is 4.74 Å². The predicted molar refractivity (Wildman–Crippen MR) is 79.1 cm³/mol. The summed E-state index contributed by atoms with van der Waals surface area (Å²) in [6.45, 7) is 11.1. The van der Waals surface area contributed by atoms with Gasteiger partial charge in [-0.2, -0.15) is 0 Å². The number of morpholine rings is 1. The molecule has 0 radical (unpaired) electrons. The van der Waals surface area contributed by atoms with Crippen molar-refractivity contribution in [2.75, 3.05) is 32.8 Å². The summed E-state index contributed by atoms with van der Waals surface area (Å²) in [5.74, 6) is 0.0174. The lowest BCUT2D eigenvalue weighted by Crippen LogP contribution is -2.46. The molecule has 0 aliphatic carbocycles. The molecule has 6 heteroatoms. The van der Waals surface area contributed by atoms with E-state index in [1.54, 1.807) is 6.07 Å². The zero-order chi connectivity index (χ0) is 15.3. The monoisotopic (exact) mass is 295 g/mol. The van der Waals surface area contributed by atoms with E-state index in [1.807, 2.05) is 0 Å². The van der Waals surface area contributed by atoms with Crippen LogP contribution in [-0.4, -0.2) is 54.9 Å². The van der Waals surface area contributed by atoms with Gasteiger partial charge in [-0.05, 0) is 11.8 Å². The SMILES string of the molecule is CC(C)(C)CN1CCO[C@H](CCNC(=O)c2ccno2)C1. The molecule has 1 aromatic rings. The lowest BCUT2D eigenvalue weighted by Gasteiger charge is -2.36. The first-order valence-corrected chi connectivity index (χ1v) is 7.47. The first-order chi connectivity index (χ1) is 9.94. The Kier molecular flexibility index (Phi) is 5.36. The van der Waals surface area contributed by atoms with E-state index in [1.165, 1.54) is 6.20 Å². The molecule has 1 saturated heterocycles. The lowest BCUT2D eigenvalue weighted by atomic mass is 9.95. The molecule has 1 aromatic heterocycles. The highest BCUT2D eigenvalue weighted by Gasteiger charge is 2.24. The van der Waals surface area contributed by atoms with E-state index in [0.717, 1.165) is 32.7 Å². The van der Waals surface area contributed by atoms with Crippen LogP contribution in [0.25, 0.3) is 0 Å². The van der Waals surface area contributed by atoms with Gasteiger partial charge in [0.15, 0.2) is 0 Å². The Hall–Kier alpha value is -1.40. The van der Waals surface area contributed by atoms with E-state index in [4.69, 9.17) is 9.26 Å². The van der Waals surface area contributed by atoms with Crippen LogP contribution in [0, 0.1) is 5.41 Å². The van der Waals surface area contributed by atoms with Crippen molar-refractivity contribution in [1.82, 2.24) is 15.4 Å². The molecule has 118 valence electrons. The Morgan fingerprint density at radius 1 is 1.52 bits per heavy atom. The molecule has 1 fully saturated rings. The van der Waals surface area contributed by atoms with Crippen LogP contribution in [0.5, 0.6) is 0 Å². The van der Waals surface area contributed by atoms with E-state index in [0.29, 0.717) is 12.0 Å². The van der Waals surface area contributed by atoms with E-state index < -0.39 is 0 Å². The number of aromatic nitrogens is 1. The molecular weight excluding hydrogens is 270 g/mol. The van der Waals surface area contributed by atoms with Gasteiger partial charge in [-0.25, -0.2) is 0 Å². The summed E-state index contributed by atoms with van der Waals surface area (Å²) < 4.78 is 10.6. The third kappa shape index (κ3) is 5.47. The van der Waals surface area contributed by atoms with Gasteiger partial charge < -0.3 is 14.6 Å². The summed E-state index contributed by atoms with van der Waals surface area (Å²) in [5, 5.41) is 6.34. The molecule has 1 atom stereocenters. The number of rotatable bonds is 5. The molecule has 21 heavy (non-hydrogen) atoms. The van der Waals surface area contributed by atoms with Crippen molar-refractivity contribution in [2.24, 2.45) is 5.41 Å². The maximum atomic E-state index is 11.7. The number of amides is 1. The van der Waals surface area contributed by atoms with Crippen molar-refractivity contribution >= 4 is 5.91 Å². The van der Waals surface area contributed by atoms with Gasteiger partial charge in [0.2, 0.25) is 5.76 Å². The average Bonchev–Trinajstić information content (AvgIpc) is 2.91. The zero-order valence-electron chi connectivity index (χ0n) is 13.1. The molecule has 0 spiro atoms. The van der Waals surface area contributed by atoms with Crippen LogP contribution < -0.4 is 5.32 Å². The fraction of sp³-hybridized carbons (Fsp3) is 0.733. The number of carbonyl (C=O) groups is 1. The molecule has 0 bridgehead atoms. The molecule has 1 N–H and O–H groups in total. The molecular formula is C15H25N3O3. The van der Waals surface area contributed by atoms with E-state index in [9.17, 15) is 4.79 Å². The molecule has 0 saturated carbocycles. The van der Waals surface area contributed by atoms with E-state index >= 15 is 0 Å². The largest absolute Gasteiger partial charge is 0.375 e. The number of ether oxygens (including phenoxy) is 1. The van der Waals surface area contributed by atoms with Crippen LogP contribution in [0.2, 0.25) is 0 Å². The second-order valence-corrected chi connectivity index (χ2v) is 6.71. The number of hydrogen-bond donors (Lipinski definition) is 1. The van der Waals surface area contributed by atoms with Crippen LogP contribution in [0.4, 0.5) is 0 Å². The topological polar surface area (TPSA) is 67.6 Å². The number of nitrogens with one attached hydrogen (secondary N) is 1. The third-order valence-electron chi connectivity index (χ3n) is 3.33. The zero-order valence-corrected chi connectivity index (χ0v) is 13.1. The fourth-order valence-electron chi connectivity index (χ4n) is 2.54. The van der Waals surface area contributed by atoms with Crippen molar-refractivity contribution < 1.29 is 14.1 Å². The Morgan fingerprint density at radius 2 is 2.33 bits per heavy atom. The summed E-state index contributed by atoms with van der Waals surface area (Å²) in [5.41, 5.74) is 0.294. The maximum Gasteiger partial charge on any atom is 0.289 e. The normalized spacial score (nSPS) is 20.4. The molecule has 2 rings (SSSR count). The molecule has 0 aromatic carbocycles. The Labute approximate surface area is 125 Å². The Bertz CT molecular complexity index is 440. The average molecular weight is 295 g/mol. The van der Waals surface area contributed by atoms with Crippen molar-refractivity contribution in [3.8, 4) is 0 Å². The molecule has 0 unspecified atom stereocenters. The first kappa shape index (κ1) is 16.0. The molecule has 1 amide bonds. The molecule has 6 nitrogen and oxygen atoms in total. The maximum absolute atomic E-state index is 11.7. The number of hydrogen-bond acceptors (Lipinski definition) is 5. The van der Waals surface area contributed by atoms with Gasteiger partial charge in [0.05, 0.1) is 18.9 Å². The molecule has 1 aliphatic rings. The van der Waals surface area contributed by atoms with Crippen molar-refractivity contribution in [3.63, 3.8) is 0 Å². The highest BCUT2D eigenvalue weighted by molar-refractivity contribution is 5.91. The van der Waals surface area contributed by atoms with Crippen LogP contribution in [0.3, 0.4) is 0 Å². The minimum absolute atomic E-state index is 0.177. The van der Waals surface area contributed by atoms with Crippen LogP contribution in [0.1, 0.15) is 37.7 Å². The van der Waals surface area contributed by atoms with Gasteiger partial charge in [0.25, 0.3) is 5.91 Å². The summed E-state index contributed by atoms with van der Waals surface area (Å²) in [6.07, 6.45) is 2.44.